The van der Waals surface area contributed by atoms with Crippen LogP contribution in [0.2, 0.25) is 0 Å². The highest BCUT2D eigenvalue weighted by atomic mass is 16.5. The summed E-state index contributed by atoms with van der Waals surface area (Å²) in [4.78, 5) is 24.2. The van der Waals surface area contributed by atoms with E-state index in [-0.39, 0.29) is 17.9 Å². The zero-order valence-electron chi connectivity index (χ0n) is 15.2. The first-order valence-electron chi connectivity index (χ1n) is 8.45. The molecule has 0 atom stereocenters. The molecule has 0 aliphatic carbocycles. The van der Waals surface area contributed by atoms with Crippen LogP contribution in [0.1, 0.15) is 34.6 Å². The van der Waals surface area contributed by atoms with Crippen molar-refractivity contribution in [3.8, 4) is 5.75 Å². The summed E-state index contributed by atoms with van der Waals surface area (Å²) >= 11 is 0. The second-order valence-corrected chi connectivity index (χ2v) is 5.97. The van der Waals surface area contributed by atoms with E-state index in [1.807, 2.05) is 13.8 Å². The second kappa shape index (κ2) is 9.58. The van der Waals surface area contributed by atoms with Crippen LogP contribution in [-0.4, -0.2) is 38.2 Å². The molecule has 2 amide bonds. The topological polar surface area (TPSA) is 76.7 Å². The molecule has 0 aromatic heterocycles. The zero-order valence-corrected chi connectivity index (χ0v) is 15.2. The summed E-state index contributed by atoms with van der Waals surface area (Å²) < 4.78 is 10.4. The largest absolute Gasteiger partial charge is 0.491 e. The van der Waals surface area contributed by atoms with E-state index in [1.165, 1.54) is 0 Å². The van der Waals surface area contributed by atoms with Gasteiger partial charge in [-0.1, -0.05) is 0 Å². The van der Waals surface area contributed by atoms with E-state index < -0.39 is 0 Å². The molecular weight excluding hydrogens is 332 g/mol. The third-order valence-corrected chi connectivity index (χ3v) is 3.48. The molecule has 0 spiro atoms. The molecule has 2 rings (SSSR count). The number of anilines is 1. The molecule has 26 heavy (non-hydrogen) atoms. The Balaban J connectivity index is 1.93. The fourth-order valence-electron chi connectivity index (χ4n) is 2.23. The predicted octanol–water partition coefficient (Wildman–Crippen LogP) is 3.10. The smallest absolute Gasteiger partial charge is 0.255 e. The summed E-state index contributed by atoms with van der Waals surface area (Å²) in [6.45, 7) is 4.80. The summed E-state index contributed by atoms with van der Waals surface area (Å²) in [5, 5.41) is 5.55. The highest BCUT2D eigenvalue weighted by Crippen LogP contribution is 2.16. The van der Waals surface area contributed by atoms with Gasteiger partial charge in [-0.25, -0.2) is 0 Å². The summed E-state index contributed by atoms with van der Waals surface area (Å²) in [5.74, 6) is 0.319. The minimum atomic E-state index is -0.224. The number of nitrogens with one attached hydrogen (secondary N) is 2. The highest BCUT2D eigenvalue weighted by molar-refractivity contribution is 6.04. The fraction of sp³-hybridized carbons (Fsp3) is 0.300. The quantitative estimate of drug-likeness (QED) is 0.713. The number of methoxy groups -OCH3 is 1. The number of benzene rings is 2. The molecule has 0 aliphatic rings. The first-order valence-corrected chi connectivity index (χ1v) is 8.45. The van der Waals surface area contributed by atoms with Crippen molar-refractivity contribution in [3.63, 3.8) is 0 Å². The SMILES string of the molecule is COCCNC(=O)c1ccc(NC(=O)c2ccc(OC(C)C)cc2)cc1. The molecule has 0 unspecified atom stereocenters. The van der Waals surface area contributed by atoms with Crippen LogP contribution in [0.4, 0.5) is 5.69 Å². The van der Waals surface area contributed by atoms with Crippen LogP contribution >= 0.6 is 0 Å². The first kappa shape index (κ1) is 19.5. The van der Waals surface area contributed by atoms with Gasteiger partial charge in [0.2, 0.25) is 0 Å². The van der Waals surface area contributed by atoms with Crippen LogP contribution in [0.3, 0.4) is 0 Å². The van der Waals surface area contributed by atoms with Crippen molar-refractivity contribution >= 4 is 17.5 Å². The van der Waals surface area contributed by atoms with E-state index in [0.29, 0.717) is 30.0 Å². The lowest BCUT2D eigenvalue weighted by molar-refractivity contribution is 0.0936. The number of amides is 2. The number of hydrogen-bond donors (Lipinski definition) is 2. The first-order chi connectivity index (χ1) is 12.5. The van der Waals surface area contributed by atoms with Crippen LogP contribution in [0.15, 0.2) is 48.5 Å². The van der Waals surface area contributed by atoms with E-state index in [1.54, 1.807) is 55.6 Å². The monoisotopic (exact) mass is 356 g/mol. The van der Waals surface area contributed by atoms with Gasteiger partial charge in [0.25, 0.3) is 11.8 Å². The molecule has 0 radical (unpaired) electrons. The summed E-state index contributed by atoms with van der Waals surface area (Å²) in [6.07, 6.45) is 0.0832. The molecule has 0 bridgehead atoms. The standard InChI is InChI=1S/C20H24N2O4/c1-14(2)26-18-10-6-16(7-11-18)20(24)22-17-8-4-15(5-9-17)19(23)21-12-13-25-3/h4-11,14H,12-13H2,1-3H3,(H,21,23)(H,22,24). The van der Waals surface area contributed by atoms with Gasteiger partial charge in [-0.15, -0.1) is 0 Å². The van der Waals surface area contributed by atoms with E-state index in [0.717, 1.165) is 5.75 Å². The molecule has 2 aromatic carbocycles. The average molecular weight is 356 g/mol. The van der Waals surface area contributed by atoms with Crippen LogP contribution in [0, 0.1) is 0 Å². The minimum Gasteiger partial charge on any atom is -0.491 e. The van der Waals surface area contributed by atoms with Gasteiger partial charge in [-0.3, -0.25) is 9.59 Å². The van der Waals surface area contributed by atoms with Crippen molar-refractivity contribution in [3.05, 3.63) is 59.7 Å². The number of carbonyl (C=O) groups is 2. The van der Waals surface area contributed by atoms with Gasteiger partial charge < -0.3 is 20.1 Å². The second-order valence-electron chi connectivity index (χ2n) is 5.97. The normalized spacial score (nSPS) is 10.5. The van der Waals surface area contributed by atoms with Crippen molar-refractivity contribution in [2.45, 2.75) is 20.0 Å². The molecule has 6 heteroatoms. The van der Waals surface area contributed by atoms with Crippen LogP contribution in [-0.2, 0) is 4.74 Å². The van der Waals surface area contributed by atoms with Gasteiger partial charge in [0.15, 0.2) is 0 Å². The number of carbonyl (C=O) groups excluding carboxylic acids is 2. The zero-order chi connectivity index (χ0) is 18.9. The van der Waals surface area contributed by atoms with Gasteiger partial charge >= 0.3 is 0 Å². The van der Waals surface area contributed by atoms with Crippen molar-refractivity contribution in [1.82, 2.24) is 5.32 Å². The lowest BCUT2D eigenvalue weighted by Crippen LogP contribution is -2.26. The predicted molar refractivity (Wildman–Crippen MR) is 101 cm³/mol. The molecule has 2 aromatic rings. The Morgan fingerprint density at radius 2 is 1.50 bits per heavy atom. The molecular formula is C20H24N2O4. The maximum atomic E-state index is 12.3. The molecule has 0 saturated heterocycles. The Bertz CT molecular complexity index is 724. The van der Waals surface area contributed by atoms with E-state index in [9.17, 15) is 9.59 Å². The molecule has 138 valence electrons. The van der Waals surface area contributed by atoms with Crippen LogP contribution in [0.5, 0.6) is 5.75 Å². The van der Waals surface area contributed by atoms with Gasteiger partial charge in [-0.2, -0.15) is 0 Å². The van der Waals surface area contributed by atoms with Gasteiger partial charge in [0.05, 0.1) is 12.7 Å². The lowest BCUT2D eigenvalue weighted by Gasteiger charge is -2.10. The number of hydrogen-bond acceptors (Lipinski definition) is 4. The van der Waals surface area contributed by atoms with E-state index in [2.05, 4.69) is 10.6 Å². The van der Waals surface area contributed by atoms with Gasteiger partial charge in [-0.05, 0) is 62.4 Å². The maximum absolute atomic E-state index is 12.3. The Morgan fingerprint density at radius 1 is 0.923 bits per heavy atom. The van der Waals surface area contributed by atoms with Gasteiger partial charge in [0.1, 0.15) is 5.75 Å². The van der Waals surface area contributed by atoms with Crippen molar-refractivity contribution < 1.29 is 19.1 Å². The Labute approximate surface area is 153 Å². The summed E-state index contributed by atoms with van der Waals surface area (Å²) in [6, 6.07) is 13.7. The summed E-state index contributed by atoms with van der Waals surface area (Å²) in [5.41, 5.74) is 1.67. The molecule has 0 heterocycles. The Hall–Kier alpha value is -2.86. The van der Waals surface area contributed by atoms with Gasteiger partial charge in [0, 0.05) is 30.5 Å². The van der Waals surface area contributed by atoms with Crippen molar-refractivity contribution in [2.24, 2.45) is 0 Å². The fourth-order valence-corrected chi connectivity index (χ4v) is 2.23. The van der Waals surface area contributed by atoms with E-state index in [4.69, 9.17) is 9.47 Å². The third kappa shape index (κ3) is 5.89. The minimum absolute atomic E-state index is 0.0832. The molecule has 2 N–H and O–H groups in total. The highest BCUT2D eigenvalue weighted by Gasteiger charge is 2.08. The number of rotatable bonds is 8. The Kier molecular flexibility index (Phi) is 7.17. The van der Waals surface area contributed by atoms with Crippen molar-refractivity contribution in [1.29, 1.82) is 0 Å². The summed E-state index contributed by atoms with van der Waals surface area (Å²) in [7, 11) is 1.58. The number of ether oxygens (including phenoxy) is 2. The van der Waals surface area contributed by atoms with Crippen LogP contribution in [0.25, 0.3) is 0 Å². The molecule has 0 saturated carbocycles. The average Bonchev–Trinajstić information content (AvgIpc) is 2.62. The third-order valence-electron chi connectivity index (χ3n) is 3.48. The lowest BCUT2D eigenvalue weighted by atomic mass is 10.1. The molecule has 6 nitrogen and oxygen atoms in total. The Morgan fingerprint density at radius 3 is 2.08 bits per heavy atom. The van der Waals surface area contributed by atoms with E-state index >= 15 is 0 Å². The molecule has 0 aliphatic heterocycles. The molecule has 0 fully saturated rings. The van der Waals surface area contributed by atoms with Crippen molar-refractivity contribution in [2.75, 3.05) is 25.6 Å². The van der Waals surface area contributed by atoms with Crippen LogP contribution < -0.4 is 15.4 Å². The maximum Gasteiger partial charge on any atom is 0.255 e.